The molecule has 3 heteroatoms. The summed E-state index contributed by atoms with van der Waals surface area (Å²) in [7, 11) is 3.69. The SMILES string of the molecule is CNCc1cc(-c2cc(C)cc(C)c2OC)[nH]c1C. The molecule has 1 aromatic carbocycles. The third kappa shape index (κ3) is 2.66. The molecule has 102 valence electrons. The van der Waals surface area contributed by atoms with Crippen molar-refractivity contribution >= 4 is 0 Å². The third-order valence-electron chi connectivity index (χ3n) is 3.40. The van der Waals surface area contributed by atoms with E-state index in [1.54, 1.807) is 7.11 Å². The largest absolute Gasteiger partial charge is 0.496 e. The van der Waals surface area contributed by atoms with Crippen LogP contribution in [0.25, 0.3) is 11.3 Å². The molecule has 0 aliphatic carbocycles. The van der Waals surface area contributed by atoms with E-state index in [0.717, 1.165) is 23.6 Å². The molecule has 1 aromatic heterocycles. The lowest BCUT2D eigenvalue weighted by atomic mass is 10.0. The first-order chi connectivity index (χ1) is 9.06. The average Bonchev–Trinajstić information content (AvgIpc) is 2.70. The lowest BCUT2D eigenvalue weighted by Crippen LogP contribution is -2.04. The van der Waals surface area contributed by atoms with Crippen molar-refractivity contribution in [1.29, 1.82) is 0 Å². The first kappa shape index (κ1) is 13.7. The van der Waals surface area contributed by atoms with Gasteiger partial charge in [-0.05, 0) is 56.6 Å². The fraction of sp³-hybridized carbons (Fsp3) is 0.375. The molecule has 0 saturated carbocycles. The van der Waals surface area contributed by atoms with E-state index in [1.165, 1.54) is 22.4 Å². The molecule has 2 aromatic rings. The van der Waals surface area contributed by atoms with Gasteiger partial charge in [0.25, 0.3) is 0 Å². The van der Waals surface area contributed by atoms with Gasteiger partial charge in [-0.15, -0.1) is 0 Å². The summed E-state index contributed by atoms with van der Waals surface area (Å²) in [5.74, 6) is 0.947. The number of nitrogens with one attached hydrogen (secondary N) is 2. The molecular weight excluding hydrogens is 236 g/mol. The van der Waals surface area contributed by atoms with E-state index in [4.69, 9.17) is 4.74 Å². The minimum atomic E-state index is 0.870. The van der Waals surface area contributed by atoms with Crippen LogP contribution in [0.5, 0.6) is 5.75 Å². The van der Waals surface area contributed by atoms with Crippen LogP contribution in [0.15, 0.2) is 18.2 Å². The highest BCUT2D eigenvalue weighted by Crippen LogP contribution is 2.34. The zero-order valence-electron chi connectivity index (χ0n) is 12.3. The van der Waals surface area contributed by atoms with Crippen molar-refractivity contribution < 1.29 is 4.74 Å². The number of H-pyrrole nitrogens is 1. The quantitative estimate of drug-likeness (QED) is 0.882. The number of aryl methyl sites for hydroxylation is 3. The van der Waals surface area contributed by atoms with Gasteiger partial charge < -0.3 is 15.0 Å². The van der Waals surface area contributed by atoms with Crippen molar-refractivity contribution in [3.63, 3.8) is 0 Å². The summed E-state index contributed by atoms with van der Waals surface area (Å²) < 4.78 is 5.56. The Bertz CT molecular complexity index is 585. The molecule has 0 aliphatic heterocycles. The number of rotatable bonds is 4. The van der Waals surface area contributed by atoms with Crippen LogP contribution in [0.4, 0.5) is 0 Å². The highest BCUT2D eigenvalue weighted by Gasteiger charge is 2.13. The molecule has 0 saturated heterocycles. The minimum Gasteiger partial charge on any atom is -0.496 e. The standard InChI is InChI=1S/C16H22N2O/c1-10-6-11(2)16(19-5)14(7-10)15-8-13(9-17-4)12(3)18-15/h6-8,17-18H,9H2,1-5H3. The van der Waals surface area contributed by atoms with Gasteiger partial charge in [-0.25, -0.2) is 0 Å². The summed E-state index contributed by atoms with van der Waals surface area (Å²) in [5.41, 5.74) is 7.15. The van der Waals surface area contributed by atoms with Gasteiger partial charge in [0.1, 0.15) is 5.75 Å². The maximum Gasteiger partial charge on any atom is 0.131 e. The van der Waals surface area contributed by atoms with Crippen molar-refractivity contribution in [3.8, 4) is 17.0 Å². The highest BCUT2D eigenvalue weighted by molar-refractivity contribution is 5.71. The molecule has 0 atom stereocenters. The van der Waals surface area contributed by atoms with Gasteiger partial charge in [-0.3, -0.25) is 0 Å². The number of aromatic amines is 1. The number of benzene rings is 1. The Balaban J connectivity index is 2.55. The monoisotopic (exact) mass is 258 g/mol. The van der Waals surface area contributed by atoms with Gasteiger partial charge >= 0.3 is 0 Å². The summed E-state index contributed by atoms with van der Waals surface area (Å²) in [6.07, 6.45) is 0. The average molecular weight is 258 g/mol. The Kier molecular flexibility index (Phi) is 3.96. The molecule has 0 bridgehead atoms. The fourth-order valence-corrected chi connectivity index (χ4v) is 2.55. The van der Waals surface area contributed by atoms with Crippen LogP contribution in [0, 0.1) is 20.8 Å². The zero-order chi connectivity index (χ0) is 14.0. The van der Waals surface area contributed by atoms with Crippen LogP contribution >= 0.6 is 0 Å². The Labute approximate surface area is 115 Å². The number of aromatic nitrogens is 1. The summed E-state index contributed by atoms with van der Waals surface area (Å²) in [6.45, 7) is 7.17. The van der Waals surface area contributed by atoms with Crippen LogP contribution in [-0.4, -0.2) is 19.1 Å². The van der Waals surface area contributed by atoms with Gasteiger partial charge in [0, 0.05) is 23.5 Å². The van der Waals surface area contributed by atoms with E-state index in [0.29, 0.717) is 0 Å². The molecule has 19 heavy (non-hydrogen) atoms. The molecule has 3 nitrogen and oxygen atoms in total. The lowest BCUT2D eigenvalue weighted by Gasteiger charge is -2.11. The number of ether oxygens (including phenoxy) is 1. The molecule has 0 amide bonds. The Hall–Kier alpha value is -1.74. The molecule has 0 fully saturated rings. The summed E-state index contributed by atoms with van der Waals surface area (Å²) in [6, 6.07) is 6.51. The fourth-order valence-electron chi connectivity index (χ4n) is 2.55. The van der Waals surface area contributed by atoms with Crippen molar-refractivity contribution in [1.82, 2.24) is 10.3 Å². The van der Waals surface area contributed by atoms with Crippen LogP contribution in [0.3, 0.4) is 0 Å². The van der Waals surface area contributed by atoms with E-state index in [1.807, 2.05) is 7.05 Å². The van der Waals surface area contributed by atoms with Crippen LogP contribution in [0.1, 0.15) is 22.4 Å². The van der Waals surface area contributed by atoms with Crippen LogP contribution < -0.4 is 10.1 Å². The van der Waals surface area contributed by atoms with Crippen LogP contribution in [-0.2, 0) is 6.54 Å². The normalized spacial score (nSPS) is 10.8. The topological polar surface area (TPSA) is 37.0 Å². The maximum atomic E-state index is 5.56. The third-order valence-corrected chi connectivity index (χ3v) is 3.40. The van der Waals surface area contributed by atoms with E-state index < -0.39 is 0 Å². The van der Waals surface area contributed by atoms with Gasteiger partial charge in [-0.1, -0.05) is 6.07 Å². The Morgan fingerprint density at radius 1 is 1.16 bits per heavy atom. The summed E-state index contributed by atoms with van der Waals surface area (Å²) in [4.78, 5) is 3.45. The van der Waals surface area contributed by atoms with Gasteiger partial charge in [0.05, 0.1) is 7.11 Å². The predicted molar refractivity (Wildman–Crippen MR) is 79.8 cm³/mol. The van der Waals surface area contributed by atoms with Gasteiger partial charge in [0.2, 0.25) is 0 Å². The molecule has 0 unspecified atom stereocenters. The Morgan fingerprint density at radius 2 is 1.89 bits per heavy atom. The van der Waals surface area contributed by atoms with Crippen molar-refractivity contribution in [3.05, 3.63) is 40.6 Å². The second kappa shape index (κ2) is 5.49. The lowest BCUT2D eigenvalue weighted by molar-refractivity contribution is 0.413. The maximum absolute atomic E-state index is 5.56. The molecule has 0 spiro atoms. The second-order valence-electron chi connectivity index (χ2n) is 5.03. The van der Waals surface area contributed by atoms with Gasteiger partial charge in [-0.2, -0.15) is 0 Å². The second-order valence-corrected chi connectivity index (χ2v) is 5.03. The molecular formula is C16H22N2O. The molecule has 2 N–H and O–H groups in total. The summed E-state index contributed by atoms with van der Waals surface area (Å²) >= 11 is 0. The summed E-state index contributed by atoms with van der Waals surface area (Å²) in [5, 5.41) is 3.19. The first-order valence-corrected chi connectivity index (χ1v) is 6.55. The number of hydrogen-bond acceptors (Lipinski definition) is 2. The minimum absolute atomic E-state index is 0.870. The van der Waals surface area contributed by atoms with Crippen molar-refractivity contribution in [2.24, 2.45) is 0 Å². The predicted octanol–water partition coefficient (Wildman–Crippen LogP) is 3.33. The molecule has 2 rings (SSSR count). The number of methoxy groups -OCH3 is 1. The molecule has 0 aliphatic rings. The zero-order valence-corrected chi connectivity index (χ0v) is 12.3. The van der Waals surface area contributed by atoms with E-state index >= 15 is 0 Å². The molecule has 1 heterocycles. The van der Waals surface area contributed by atoms with Gasteiger partial charge in [0.15, 0.2) is 0 Å². The van der Waals surface area contributed by atoms with Crippen molar-refractivity contribution in [2.75, 3.05) is 14.2 Å². The highest BCUT2D eigenvalue weighted by atomic mass is 16.5. The molecule has 0 radical (unpaired) electrons. The van der Waals surface area contributed by atoms with Crippen molar-refractivity contribution in [2.45, 2.75) is 27.3 Å². The Morgan fingerprint density at radius 3 is 2.53 bits per heavy atom. The number of hydrogen-bond donors (Lipinski definition) is 2. The van der Waals surface area contributed by atoms with E-state index in [-0.39, 0.29) is 0 Å². The smallest absolute Gasteiger partial charge is 0.131 e. The van der Waals surface area contributed by atoms with E-state index in [9.17, 15) is 0 Å². The first-order valence-electron chi connectivity index (χ1n) is 6.55. The van der Waals surface area contributed by atoms with E-state index in [2.05, 4.69) is 49.3 Å². The van der Waals surface area contributed by atoms with Crippen LogP contribution in [0.2, 0.25) is 0 Å².